The van der Waals surface area contributed by atoms with E-state index < -0.39 is 0 Å². The maximum absolute atomic E-state index is 10.5. The third kappa shape index (κ3) is 3.01. The van der Waals surface area contributed by atoms with Crippen LogP contribution in [0, 0.1) is 27.7 Å². The predicted octanol–water partition coefficient (Wildman–Crippen LogP) is 5.22. The molecule has 0 aromatic heterocycles. The molecule has 3 rings (SSSR count). The SMILES string of the molecule is Cc1ccc(C(c2ccc(O)cc2)c2ccc(C)c(O)c2C)c(C)c1O. The molecule has 0 saturated heterocycles. The molecule has 26 heavy (non-hydrogen) atoms. The summed E-state index contributed by atoms with van der Waals surface area (Å²) in [5, 5.41) is 30.6. The molecule has 0 fully saturated rings. The quantitative estimate of drug-likeness (QED) is 0.569. The van der Waals surface area contributed by atoms with Gasteiger partial charge in [0.2, 0.25) is 0 Å². The zero-order chi connectivity index (χ0) is 19.0. The van der Waals surface area contributed by atoms with Crippen LogP contribution in [0.2, 0.25) is 0 Å². The van der Waals surface area contributed by atoms with E-state index in [-0.39, 0.29) is 11.7 Å². The first-order valence-corrected chi connectivity index (χ1v) is 8.68. The Kier molecular flexibility index (Phi) is 4.64. The van der Waals surface area contributed by atoms with Gasteiger partial charge < -0.3 is 15.3 Å². The number of rotatable bonds is 3. The van der Waals surface area contributed by atoms with Crippen molar-refractivity contribution in [3.63, 3.8) is 0 Å². The molecule has 0 bridgehead atoms. The number of aryl methyl sites for hydroxylation is 2. The maximum Gasteiger partial charge on any atom is 0.121 e. The van der Waals surface area contributed by atoms with Crippen molar-refractivity contribution in [2.75, 3.05) is 0 Å². The van der Waals surface area contributed by atoms with Crippen LogP contribution in [0.4, 0.5) is 0 Å². The molecule has 0 radical (unpaired) electrons. The van der Waals surface area contributed by atoms with Crippen LogP contribution in [-0.2, 0) is 0 Å². The molecule has 0 aliphatic heterocycles. The van der Waals surface area contributed by atoms with E-state index in [2.05, 4.69) is 0 Å². The first-order chi connectivity index (χ1) is 12.3. The second-order valence-electron chi connectivity index (χ2n) is 6.92. The van der Waals surface area contributed by atoms with Crippen molar-refractivity contribution in [3.05, 3.63) is 87.5 Å². The largest absolute Gasteiger partial charge is 0.508 e. The molecule has 0 amide bonds. The highest BCUT2D eigenvalue weighted by Crippen LogP contribution is 2.41. The molecule has 0 heterocycles. The molecule has 134 valence electrons. The molecule has 0 aliphatic rings. The lowest BCUT2D eigenvalue weighted by atomic mass is 9.80. The third-order valence-electron chi connectivity index (χ3n) is 5.20. The Morgan fingerprint density at radius 3 is 1.42 bits per heavy atom. The molecular weight excluding hydrogens is 324 g/mol. The fourth-order valence-electron chi connectivity index (χ4n) is 3.52. The van der Waals surface area contributed by atoms with Crippen LogP contribution in [0.15, 0.2) is 48.5 Å². The number of phenols is 3. The fourth-order valence-corrected chi connectivity index (χ4v) is 3.52. The van der Waals surface area contributed by atoms with Gasteiger partial charge in [0, 0.05) is 5.92 Å². The molecule has 3 aromatic carbocycles. The van der Waals surface area contributed by atoms with Crippen LogP contribution < -0.4 is 0 Å². The van der Waals surface area contributed by atoms with Crippen LogP contribution >= 0.6 is 0 Å². The molecule has 3 aromatic rings. The topological polar surface area (TPSA) is 60.7 Å². The second kappa shape index (κ2) is 6.75. The van der Waals surface area contributed by atoms with Crippen LogP contribution in [-0.4, -0.2) is 15.3 Å². The lowest BCUT2D eigenvalue weighted by Crippen LogP contribution is -2.08. The van der Waals surface area contributed by atoms with E-state index in [1.54, 1.807) is 12.1 Å². The first kappa shape index (κ1) is 17.9. The number of aromatic hydroxyl groups is 3. The maximum atomic E-state index is 10.5. The standard InChI is InChI=1S/C23H24O3/c1-13-5-11-19(15(3)22(13)25)21(17-7-9-18(24)10-8-17)20-12-6-14(2)23(26)16(20)4/h5-12,21,24-26H,1-4H3. The Labute approximate surface area is 154 Å². The Morgan fingerprint density at radius 1 is 0.577 bits per heavy atom. The minimum absolute atomic E-state index is 0.159. The highest BCUT2D eigenvalue weighted by Gasteiger charge is 2.23. The fraction of sp³-hybridized carbons (Fsp3) is 0.217. The van der Waals surface area contributed by atoms with Crippen molar-refractivity contribution in [2.24, 2.45) is 0 Å². The third-order valence-corrected chi connectivity index (χ3v) is 5.20. The van der Waals surface area contributed by atoms with Gasteiger partial charge in [0.25, 0.3) is 0 Å². The van der Waals surface area contributed by atoms with Crippen molar-refractivity contribution >= 4 is 0 Å². The molecule has 3 N–H and O–H groups in total. The normalized spacial score (nSPS) is 11.1. The summed E-state index contributed by atoms with van der Waals surface area (Å²) in [4.78, 5) is 0. The Balaban J connectivity index is 2.30. The van der Waals surface area contributed by atoms with Gasteiger partial charge in [0.15, 0.2) is 0 Å². The summed E-state index contributed by atoms with van der Waals surface area (Å²) in [6, 6.07) is 15.0. The van der Waals surface area contributed by atoms with Crippen molar-refractivity contribution in [3.8, 4) is 17.2 Å². The number of hydrogen-bond acceptors (Lipinski definition) is 3. The lowest BCUT2D eigenvalue weighted by Gasteiger charge is -2.24. The summed E-state index contributed by atoms with van der Waals surface area (Å²) in [7, 11) is 0. The lowest BCUT2D eigenvalue weighted by molar-refractivity contribution is 0.464. The molecular formula is C23H24O3. The van der Waals surface area contributed by atoms with Gasteiger partial charge in [-0.15, -0.1) is 0 Å². The summed E-state index contributed by atoms with van der Waals surface area (Å²) in [6.45, 7) is 7.58. The van der Waals surface area contributed by atoms with E-state index in [0.717, 1.165) is 38.9 Å². The first-order valence-electron chi connectivity index (χ1n) is 8.68. The minimum Gasteiger partial charge on any atom is -0.508 e. The van der Waals surface area contributed by atoms with E-state index in [1.807, 2.05) is 64.1 Å². The molecule has 0 saturated carbocycles. The van der Waals surface area contributed by atoms with Gasteiger partial charge >= 0.3 is 0 Å². The average Bonchev–Trinajstić information content (AvgIpc) is 2.63. The predicted molar refractivity (Wildman–Crippen MR) is 104 cm³/mol. The van der Waals surface area contributed by atoms with Crippen molar-refractivity contribution in [1.82, 2.24) is 0 Å². The highest BCUT2D eigenvalue weighted by atomic mass is 16.3. The zero-order valence-electron chi connectivity index (χ0n) is 15.5. The van der Waals surface area contributed by atoms with Crippen molar-refractivity contribution < 1.29 is 15.3 Å². The van der Waals surface area contributed by atoms with Crippen LogP contribution in [0.5, 0.6) is 17.2 Å². The van der Waals surface area contributed by atoms with Gasteiger partial charge in [0.05, 0.1) is 0 Å². The van der Waals surface area contributed by atoms with E-state index in [0.29, 0.717) is 11.5 Å². The smallest absolute Gasteiger partial charge is 0.121 e. The van der Waals surface area contributed by atoms with Gasteiger partial charge in [0.1, 0.15) is 17.2 Å². The van der Waals surface area contributed by atoms with E-state index in [4.69, 9.17) is 0 Å². The van der Waals surface area contributed by atoms with E-state index in [9.17, 15) is 15.3 Å². The minimum atomic E-state index is -0.159. The Bertz CT molecular complexity index is 899. The van der Waals surface area contributed by atoms with Gasteiger partial charge in [-0.25, -0.2) is 0 Å². The van der Waals surface area contributed by atoms with Gasteiger partial charge in [-0.3, -0.25) is 0 Å². The molecule has 3 heteroatoms. The van der Waals surface area contributed by atoms with Crippen molar-refractivity contribution in [1.29, 1.82) is 0 Å². The summed E-state index contributed by atoms with van der Waals surface area (Å²) >= 11 is 0. The molecule has 0 spiro atoms. The molecule has 3 nitrogen and oxygen atoms in total. The van der Waals surface area contributed by atoms with Gasteiger partial charge in [-0.2, -0.15) is 0 Å². The second-order valence-corrected chi connectivity index (χ2v) is 6.92. The summed E-state index contributed by atoms with van der Waals surface area (Å²) in [6.07, 6.45) is 0. The summed E-state index contributed by atoms with van der Waals surface area (Å²) in [5.74, 6) is 0.633. The Morgan fingerprint density at radius 2 is 1.00 bits per heavy atom. The van der Waals surface area contributed by atoms with E-state index >= 15 is 0 Å². The highest BCUT2D eigenvalue weighted by molar-refractivity contribution is 5.56. The zero-order valence-corrected chi connectivity index (χ0v) is 15.5. The average molecular weight is 348 g/mol. The molecule has 0 atom stereocenters. The van der Waals surface area contributed by atoms with Crippen LogP contribution in [0.25, 0.3) is 0 Å². The number of hydrogen-bond donors (Lipinski definition) is 3. The van der Waals surface area contributed by atoms with E-state index in [1.165, 1.54) is 0 Å². The number of benzene rings is 3. The molecule has 0 aliphatic carbocycles. The number of phenolic OH excluding ortho intramolecular Hbond substituents is 3. The summed E-state index contributed by atoms with van der Waals surface area (Å²) < 4.78 is 0. The summed E-state index contributed by atoms with van der Waals surface area (Å²) in [5.41, 5.74) is 6.25. The van der Waals surface area contributed by atoms with Crippen LogP contribution in [0.1, 0.15) is 44.9 Å². The monoisotopic (exact) mass is 348 g/mol. The molecule has 0 unspecified atom stereocenters. The van der Waals surface area contributed by atoms with Crippen LogP contribution in [0.3, 0.4) is 0 Å². The van der Waals surface area contributed by atoms with Gasteiger partial charge in [-0.1, -0.05) is 36.4 Å². The van der Waals surface area contributed by atoms with Crippen molar-refractivity contribution in [2.45, 2.75) is 33.6 Å². The Hall–Kier alpha value is -2.94. The van der Waals surface area contributed by atoms with Gasteiger partial charge in [-0.05, 0) is 78.8 Å².